The molecule has 1 aromatic rings. The molecule has 0 saturated carbocycles. The zero-order chi connectivity index (χ0) is 9.68. The lowest BCUT2D eigenvalue weighted by Gasteiger charge is -2.11. The molecule has 13 heavy (non-hydrogen) atoms. The average Bonchev–Trinajstić information content (AvgIpc) is 2.18. The maximum Gasteiger partial charge on any atom is 0.127 e. The quantitative estimate of drug-likeness (QED) is 0.718. The first-order chi connectivity index (χ1) is 6.33. The van der Waals surface area contributed by atoms with Crippen LogP contribution in [0.15, 0.2) is 18.2 Å². The molecule has 2 N–H and O–H groups in total. The van der Waals surface area contributed by atoms with Gasteiger partial charge in [0.15, 0.2) is 0 Å². The van der Waals surface area contributed by atoms with Gasteiger partial charge in [-0.2, -0.15) is 0 Å². The van der Waals surface area contributed by atoms with Crippen LogP contribution in [0, 0.1) is 0 Å². The Labute approximate surface area is 78.4 Å². The number of hydrogen-bond acceptors (Lipinski definition) is 3. The van der Waals surface area contributed by atoms with E-state index in [0.29, 0.717) is 6.61 Å². The molecule has 3 heteroatoms. The number of hydrogen-bond donors (Lipinski definition) is 1. The maximum atomic E-state index is 5.28. The molecule has 1 aromatic carbocycles. The zero-order valence-electron chi connectivity index (χ0n) is 8.04. The molecule has 72 valence electrons. The van der Waals surface area contributed by atoms with Gasteiger partial charge < -0.3 is 4.74 Å². The number of benzene rings is 1. The Hall–Kier alpha value is -1.06. The standard InChI is InChI=1S/C10H15NO2/c1-3-8-5-4-6-9(7-13-11)10(8)12-2/h4-6H,3,7,11H2,1-2H3. The van der Waals surface area contributed by atoms with E-state index >= 15 is 0 Å². The molecule has 3 nitrogen and oxygen atoms in total. The van der Waals surface area contributed by atoms with Crippen LogP contribution in [-0.4, -0.2) is 7.11 Å². The summed E-state index contributed by atoms with van der Waals surface area (Å²) in [5, 5.41) is 0. The van der Waals surface area contributed by atoms with Crippen molar-refractivity contribution in [2.75, 3.05) is 7.11 Å². The van der Waals surface area contributed by atoms with Crippen molar-refractivity contribution in [3.05, 3.63) is 29.3 Å². The minimum absolute atomic E-state index is 0.386. The minimum Gasteiger partial charge on any atom is -0.496 e. The third kappa shape index (κ3) is 2.20. The molecule has 0 bridgehead atoms. The summed E-state index contributed by atoms with van der Waals surface area (Å²) in [5.74, 6) is 5.90. The molecule has 0 fully saturated rings. The topological polar surface area (TPSA) is 44.5 Å². The molecule has 0 aromatic heterocycles. The summed E-state index contributed by atoms with van der Waals surface area (Å²) in [6.07, 6.45) is 0.946. The monoisotopic (exact) mass is 181 g/mol. The van der Waals surface area contributed by atoms with E-state index in [0.717, 1.165) is 17.7 Å². The summed E-state index contributed by atoms with van der Waals surface area (Å²) in [7, 11) is 1.66. The highest BCUT2D eigenvalue weighted by Gasteiger charge is 2.06. The first-order valence-electron chi connectivity index (χ1n) is 4.29. The molecule has 0 spiro atoms. The van der Waals surface area contributed by atoms with Crippen LogP contribution in [0.1, 0.15) is 18.1 Å². The molecule has 0 amide bonds. The number of rotatable bonds is 4. The molecule has 0 aliphatic heterocycles. The van der Waals surface area contributed by atoms with Crippen molar-refractivity contribution in [2.24, 2.45) is 5.90 Å². The van der Waals surface area contributed by atoms with Gasteiger partial charge in [0.05, 0.1) is 13.7 Å². The van der Waals surface area contributed by atoms with Gasteiger partial charge in [0, 0.05) is 5.56 Å². The van der Waals surface area contributed by atoms with Crippen LogP contribution in [-0.2, 0) is 17.9 Å². The Morgan fingerprint density at radius 3 is 2.54 bits per heavy atom. The third-order valence-electron chi connectivity index (χ3n) is 2.00. The predicted octanol–water partition coefficient (Wildman–Crippen LogP) is 1.65. The SMILES string of the molecule is CCc1cccc(CON)c1OC. The van der Waals surface area contributed by atoms with E-state index < -0.39 is 0 Å². The van der Waals surface area contributed by atoms with Gasteiger partial charge in [-0.05, 0) is 12.0 Å². The second kappa shape index (κ2) is 4.84. The zero-order valence-corrected chi connectivity index (χ0v) is 8.04. The predicted molar refractivity (Wildman–Crippen MR) is 51.3 cm³/mol. The van der Waals surface area contributed by atoms with E-state index in [-0.39, 0.29) is 0 Å². The largest absolute Gasteiger partial charge is 0.496 e. The van der Waals surface area contributed by atoms with Crippen LogP contribution in [0.4, 0.5) is 0 Å². The van der Waals surface area contributed by atoms with Gasteiger partial charge in [0.2, 0.25) is 0 Å². The van der Waals surface area contributed by atoms with Gasteiger partial charge in [0.25, 0.3) is 0 Å². The lowest BCUT2D eigenvalue weighted by atomic mass is 10.1. The fourth-order valence-electron chi connectivity index (χ4n) is 1.38. The van der Waals surface area contributed by atoms with Crippen molar-refractivity contribution in [3.8, 4) is 5.75 Å². The Kier molecular flexibility index (Phi) is 3.73. The number of para-hydroxylation sites is 1. The summed E-state index contributed by atoms with van der Waals surface area (Å²) in [4.78, 5) is 4.59. The van der Waals surface area contributed by atoms with Crippen molar-refractivity contribution in [2.45, 2.75) is 20.0 Å². The summed E-state index contributed by atoms with van der Waals surface area (Å²) in [6.45, 7) is 2.47. The van der Waals surface area contributed by atoms with Gasteiger partial charge in [-0.1, -0.05) is 25.1 Å². The van der Waals surface area contributed by atoms with Gasteiger partial charge in [0.1, 0.15) is 5.75 Å². The Bertz CT molecular complexity index is 274. The van der Waals surface area contributed by atoms with Crippen LogP contribution >= 0.6 is 0 Å². The lowest BCUT2D eigenvalue weighted by molar-refractivity contribution is 0.122. The first kappa shape index (κ1) is 10.0. The molecule has 0 radical (unpaired) electrons. The van der Waals surface area contributed by atoms with E-state index in [1.54, 1.807) is 7.11 Å². The number of aryl methyl sites for hydroxylation is 1. The summed E-state index contributed by atoms with van der Waals surface area (Å²) in [5.41, 5.74) is 2.17. The van der Waals surface area contributed by atoms with Crippen molar-refractivity contribution in [1.82, 2.24) is 0 Å². The minimum atomic E-state index is 0.386. The summed E-state index contributed by atoms with van der Waals surface area (Å²) >= 11 is 0. The fraction of sp³-hybridized carbons (Fsp3) is 0.400. The Morgan fingerprint density at radius 1 is 1.31 bits per heavy atom. The first-order valence-corrected chi connectivity index (χ1v) is 4.29. The van der Waals surface area contributed by atoms with E-state index in [4.69, 9.17) is 10.6 Å². The van der Waals surface area contributed by atoms with Crippen LogP contribution in [0.2, 0.25) is 0 Å². The van der Waals surface area contributed by atoms with Crippen molar-refractivity contribution >= 4 is 0 Å². The second-order valence-corrected chi connectivity index (χ2v) is 2.77. The van der Waals surface area contributed by atoms with Gasteiger partial charge in [-0.3, -0.25) is 4.84 Å². The Balaban J connectivity index is 3.03. The van der Waals surface area contributed by atoms with E-state index in [1.165, 1.54) is 5.56 Å². The average molecular weight is 181 g/mol. The maximum absolute atomic E-state index is 5.28. The molecule has 0 heterocycles. The van der Waals surface area contributed by atoms with Crippen LogP contribution in [0.3, 0.4) is 0 Å². The molecule has 0 atom stereocenters. The van der Waals surface area contributed by atoms with E-state index in [2.05, 4.69) is 11.8 Å². The lowest BCUT2D eigenvalue weighted by Crippen LogP contribution is -2.02. The number of methoxy groups -OCH3 is 1. The number of nitrogens with two attached hydrogens (primary N) is 1. The van der Waals surface area contributed by atoms with Crippen LogP contribution < -0.4 is 10.6 Å². The molecule has 0 saturated heterocycles. The number of ether oxygens (including phenoxy) is 1. The van der Waals surface area contributed by atoms with Crippen molar-refractivity contribution < 1.29 is 9.57 Å². The van der Waals surface area contributed by atoms with Crippen molar-refractivity contribution in [1.29, 1.82) is 0 Å². The fourth-order valence-corrected chi connectivity index (χ4v) is 1.38. The molecule has 0 aliphatic carbocycles. The highest BCUT2D eigenvalue weighted by atomic mass is 16.6. The Morgan fingerprint density at radius 2 is 2.00 bits per heavy atom. The van der Waals surface area contributed by atoms with Crippen LogP contribution in [0.5, 0.6) is 5.75 Å². The molecule has 0 unspecified atom stereocenters. The van der Waals surface area contributed by atoms with E-state index in [9.17, 15) is 0 Å². The summed E-state index contributed by atoms with van der Waals surface area (Å²) < 4.78 is 5.28. The molecular weight excluding hydrogens is 166 g/mol. The molecule has 0 aliphatic rings. The van der Waals surface area contributed by atoms with Crippen molar-refractivity contribution in [3.63, 3.8) is 0 Å². The molecular formula is C10H15NO2. The third-order valence-corrected chi connectivity index (χ3v) is 2.00. The molecule has 1 rings (SSSR count). The van der Waals surface area contributed by atoms with Gasteiger partial charge in [-0.25, -0.2) is 5.90 Å². The smallest absolute Gasteiger partial charge is 0.127 e. The van der Waals surface area contributed by atoms with Gasteiger partial charge in [-0.15, -0.1) is 0 Å². The normalized spacial score (nSPS) is 10.1. The highest BCUT2D eigenvalue weighted by molar-refractivity contribution is 5.41. The van der Waals surface area contributed by atoms with Crippen LogP contribution in [0.25, 0.3) is 0 Å². The second-order valence-electron chi connectivity index (χ2n) is 2.77. The van der Waals surface area contributed by atoms with E-state index in [1.807, 2.05) is 18.2 Å². The highest BCUT2D eigenvalue weighted by Crippen LogP contribution is 2.24. The summed E-state index contributed by atoms with van der Waals surface area (Å²) in [6, 6.07) is 5.97. The van der Waals surface area contributed by atoms with Gasteiger partial charge >= 0.3 is 0 Å².